The number of nitrogens with two attached hydrogens (primary N) is 1. The normalized spacial score (nSPS) is 15.0. The van der Waals surface area contributed by atoms with Gasteiger partial charge in [0, 0.05) is 29.9 Å². The van der Waals surface area contributed by atoms with Gasteiger partial charge < -0.3 is 36.9 Å². The molecule has 1 aromatic heterocycles. The summed E-state index contributed by atoms with van der Waals surface area (Å²) in [5.74, 6) is -3.21. The Morgan fingerprint density at radius 2 is 1.37 bits per heavy atom. The maximum absolute atomic E-state index is 13.7. The molecule has 0 bridgehead atoms. The van der Waals surface area contributed by atoms with Gasteiger partial charge in [0.25, 0.3) is 0 Å². The number of hydrogen-bond acceptors (Lipinski definition) is 6. The Morgan fingerprint density at radius 3 is 1.98 bits per heavy atom. The first kappa shape index (κ1) is 31.3. The van der Waals surface area contributed by atoms with Gasteiger partial charge in [0.1, 0.15) is 24.2 Å². The Balaban J connectivity index is 1.89. The van der Waals surface area contributed by atoms with Crippen molar-refractivity contribution < 1.29 is 29.4 Å². The lowest BCUT2D eigenvalue weighted by molar-refractivity contribution is -0.142. The van der Waals surface area contributed by atoms with Crippen molar-refractivity contribution in [2.24, 2.45) is 11.7 Å². The third kappa shape index (κ3) is 8.89. The van der Waals surface area contributed by atoms with Gasteiger partial charge in [-0.3, -0.25) is 14.4 Å². The minimum Gasteiger partial charge on any atom is -0.480 e. The summed E-state index contributed by atoms with van der Waals surface area (Å²) < 4.78 is 0. The van der Waals surface area contributed by atoms with Crippen LogP contribution in [0.3, 0.4) is 0 Å². The quantitative estimate of drug-likeness (QED) is 0.153. The second-order valence-corrected chi connectivity index (χ2v) is 10.7. The number of hydrogen-bond donors (Lipinski definition) is 7. The Bertz CT molecular complexity index is 1340. The zero-order chi connectivity index (χ0) is 30.1. The summed E-state index contributed by atoms with van der Waals surface area (Å²) in [5, 5.41) is 28.2. The highest BCUT2D eigenvalue weighted by molar-refractivity contribution is 5.95. The molecule has 3 amide bonds. The number of fused-ring (bicyclic) bond motifs is 1. The Labute approximate surface area is 238 Å². The number of para-hydroxylation sites is 1. The third-order valence-corrected chi connectivity index (χ3v) is 6.79. The van der Waals surface area contributed by atoms with Crippen molar-refractivity contribution >= 4 is 34.6 Å². The summed E-state index contributed by atoms with van der Waals surface area (Å²) in [6.07, 6.45) is 0.955. The lowest BCUT2D eigenvalue weighted by atomic mass is 10.00. The Hall–Kier alpha value is -4.22. The molecule has 220 valence electrons. The molecule has 0 aliphatic carbocycles. The number of aliphatic hydroxyl groups excluding tert-OH is 1. The monoisotopic (exact) mass is 565 g/mol. The highest BCUT2D eigenvalue weighted by Gasteiger charge is 2.32. The van der Waals surface area contributed by atoms with Crippen LogP contribution in [-0.4, -0.2) is 69.2 Å². The molecule has 1 heterocycles. The molecule has 5 unspecified atom stereocenters. The maximum Gasteiger partial charge on any atom is 0.326 e. The number of rotatable bonds is 14. The standard InChI is InChI=1S/C30H39N5O6/c1-17(2)13-25(30(40)41)35-27(37)23(14-19-9-5-4-6-10-19)33-28(38)24(34-29(39)26(31)18(3)36)15-20-16-32-22-12-8-7-11-21(20)22/h4-12,16-18,23-26,32,36H,13-15,31H2,1-3H3,(H,33,38)(H,34,39)(H,35,37)(H,40,41). The van der Waals surface area contributed by atoms with Gasteiger partial charge in [0.2, 0.25) is 17.7 Å². The number of carboxylic acids is 1. The molecule has 2 aromatic carbocycles. The number of amides is 3. The van der Waals surface area contributed by atoms with Crippen LogP contribution < -0.4 is 21.7 Å². The lowest BCUT2D eigenvalue weighted by Gasteiger charge is -2.26. The predicted molar refractivity (Wildman–Crippen MR) is 155 cm³/mol. The number of H-pyrrole nitrogens is 1. The Morgan fingerprint density at radius 1 is 0.805 bits per heavy atom. The number of benzene rings is 2. The van der Waals surface area contributed by atoms with Crippen LogP contribution in [0.15, 0.2) is 60.8 Å². The van der Waals surface area contributed by atoms with E-state index in [4.69, 9.17) is 5.73 Å². The molecule has 0 radical (unpaired) electrons. The molecule has 3 aromatic rings. The van der Waals surface area contributed by atoms with Crippen LogP contribution in [0.4, 0.5) is 0 Å². The summed E-state index contributed by atoms with van der Waals surface area (Å²) in [7, 11) is 0. The van der Waals surface area contributed by atoms with Crippen molar-refractivity contribution in [3.05, 3.63) is 71.9 Å². The first-order valence-corrected chi connectivity index (χ1v) is 13.6. The molecule has 8 N–H and O–H groups in total. The molecule has 0 saturated heterocycles. The van der Waals surface area contributed by atoms with Crippen molar-refractivity contribution in [2.45, 2.75) is 70.3 Å². The van der Waals surface area contributed by atoms with Crippen LogP contribution in [-0.2, 0) is 32.0 Å². The fourth-order valence-electron chi connectivity index (χ4n) is 4.51. The van der Waals surface area contributed by atoms with Gasteiger partial charge in [-0.1, -0.05) is 62.4 Å². The zero-order valence-electron chi connectivity index (χ0n) is 23.5. The van der Waals surface area contributed by atoms with Gasteiger partial charge in [-0.05, 0) is 36.5 Å². The number of aliphatic carboxylic acids is 1. The van der Waals surface area contributed by atoms with Crippen molar-refractivity contribution in [2.75, 3.05) is 0 Å². The van der Waals surface area contributed by atoms with Gasteiger partial charge in [0.15, 0.2) is 0 Å². The van der Waals surface area contributed by atoms with Crippen LogP contribution in [0.2, 0.25) is 0 Å². The summed E-state index contributed by atoms with van der Waals surface area (Å²) in [5.41, 5.74) is 8.17. The van der Waals surface area contributed by atoms with E-state index in [1.165, 1.54) is 6.92 Å². The number of carbonyl (C=O) groups excluding carboxylic acids is 3. The molecular weight excluding hydrogens is 526 g/mol. The molecule has 0 saturated carbocycles. The number of nitrogens with one attached hydrogen (secondary N) is 4. The fourth-order valence-corrected chi connectivity index (χ4v) is 4.51. The van der Waals surface area contributed by atoms with Crippen LogP contribution in [0.25, 0.3) is 10.9 Å². The third-order valence-electron chi connectivity index (χ3n) is 6.79. The minimum atomic E-state index is -1.27. The SMILES string of the molecule is CC(C)CC(NC(=O)C(Cc1ccccc1)NC(=O)C(Cc1c[nH]c2ccccc12)NC(=O)C(N)C(C)O)C(=O)O. The van der Waals surface area contributed by atoms with Gasteiger partial charge in [-0.2, -0.15) is 0 Å². The van der Waals surface area contributed by atoms with E-state index >= 15 is 0 Å². The number of aromatic amines is 1. The van der Waals surface area contributed by atoms with E-state index in [2.05, 4.69) is 20.9 Å². The summed E-state index contributed by atoms with van der Waals surface area (Å²) >= 11 is 0. The topological polar surface area (TPSA) is 187 Å². The number of aliphatic hydroxyl groups is 1. The second kappa shape index (κ2) is 14.4. The van der Waals surface area contributed by atoms with Gasteiger partial charge >= 0.3 is 5.97 Å². The first-order chi connectivity index (χ1) is 19.5. The molecule has 0 aliphatic rings. The first-order valence-electron chi connectivity index (χ1n) is 13.6. The number of carboxylic acid groups (broad SMARTS) is 1. The summed E-state index contributed by atoms with van der Waals surface area (Å²) in [4.78, 5) is 54.8. The van der Waals surface area contributed by atoms with Crippen molar-refractivity contribution in [1.29, 1.82) is 0 Å². The van der Waals surface area contributed by atoms with E-state index in [9.17, 15) is 29.4 Å². The molecule has 0 aliphatic heterocycles. The zero-order valence-corrected chi connectivity index (χ0v) is 23.5. The predicted octanol–water partition coefficient (Wildman–Crippen LogP) is 1.25. The average Bonchev–Trinajstić information content (AvgIpc) is 3.34. The molecule has 11 heteroatoms. The highest BCUT2D eigenvalue weighted by atomic mass is 16.4. The molecular formula is C30H39N5O6. The second-order valence-electron chi connectivity index (χ2n) is 10.7. The van der Waals surface area contributed by atoms with Crippen molar-refractivity contribution in [3.8, 4) is 0 Å². The lowest BCUT2D eigenvalue weighted by Crippen LogP contribution is -2.59. The van der Waals surface area contributed by atoms with Gasteiger partial charge in [-0.25, -0.2) is 4.79 Å². The molecule has 41 heavy (non-hydrogen) atoms. The minimum absolute atomic E-state index is 0.00690. The van der Waals surface area contributed by atoms with Crippen LogP contribution in [0.5, 0.6) is 0 Å². The van der Waals surface area contributed by atoms with Gasteiger partial charge in [-0.15, -0.1) is 0 Å². The van der Waals surface area contributed by atoms with Crippen LogP contribution >= 0.6 is 0 Å². The van der Waals surface area contributed by atoms with Crippen LogP contribution in [0, 0.1) is 5.92 Å². The summed E-state index contributed by atoms with van der Waals surface area (Å²) in [6.45, 7) is 5.07. The maximum atomic E-state index is 13.7. The molecule has 5 atom stereocenters. The fraction of sp³-hybridized carbons (Fsp3) is 0.400. The smallest absolute Gasteiger partial charge is 0.326 e. The number of carbonyl (C=O) groups is 4. The van der Waals surface area contributed by atoms with E-state index in [0.29, 0.717) is 0 Å². The largest absolute Gasteiger partial charge is 0.480 e. The van der Waals surface area contributed by atoms with E-state index in [-0.39, 0.29) is 25.2 Å². The molecule has 3 rings (SSSR count). The molecule has 0 fully saturated rings. The Kier molecular flexibility index (Phi) is 11.0. The molecule has 11 nitrogen and oxygen atoms in total. The average molecular weight is 566 g/mol. The van der Waals surface area contributed by atoms with Crippen molar-refractivity contribution in [1.82, 2.24) is 20.9 Å². The van der Waals surface area contributed by atoms with E-state index in [0.717, 1.165) is 22.0 Å². The van der Waals surface area contributed by atoms with E-state index < -0.39 is 54.0 Å². The van der Waals surface area contributed by atoms with Crippen LogP contribution in [0.1, 0.15) is 38.3 Å². The van der Waals surface area contributed by atoms with E-state index in [1.54, 1.807) is 30.5 Å². The summed E-state index contributed by atoms with van der Waals surface area (Å²) in [6, 6.07) is 11.8. The molecule has 0 spiro atoms. The van der Waals surface area contributed by atoms with Crippen molar-refractivity contribution in [3.63, 3.8) is 0 Å². The number of aromatic nitrogens is 1. The highest BCUT2D eigenvalue weighted by Crippen LogP contribution is 2.19. The van der Waals surface area contributed by atoms with E-state index in [1.807, 2.05) is 44.2 Å². The van der Waals surface area contributed by atoms with Gasteiger partial charge in [0.05, 0.1) is 6.10 Å².